The molecule has 1 unspecified atom stereocenters. The monoisotopic (exact) mass is 453 g/mol. The topological polar surface area (TPSA) is 89.2 Å². The highest BCUT2D eigenvalue weighted by Gasteiger charge is 2.31. The predicted octanol–water partition coefficient (Wildman–Crippen LogP) is 4.55. The maximum Gasteiger partial charge on any atom is 0.416 e. The Bertz CT molecular complexity index is 930. The summed E-state index contributed by atoms with van der Waals surface area (Å²) in [6, 6.07) is 12.0. The number of alkyl halides is 3. The lowest BCUT2D eigenvalue weighted by Crippen LogP contribution is -2.44. The molecular formula is C21H23ClF3N5O. The fraction of sp³-hybridized carbons (Fsp3) is 0.333. The van der Waals surface area contributed by atoms with E-state index in [2.05, 4.69) is 9.98 Å². The Morgan fingerprint density at radius 3 is 2.29 bits per heavy atom. The van der Waals surface area contributed by atoms with E-state index in [1.807, 2.05) is 12.1 Å². The molecule has 1 aliphatic rings. The Balaban J connectivity index is 1.54. The molecule has 0 radical (unpaired) electrons. The normalized spacial score (nSPS) is 16.6. The minimum Gasteiger partial charge on any atom is -0.494 e. The number of nitrogens with two attached hydrogens (primary N) is 2. The Labute approximate surface area is 183 Å². The summed E-state index contributed by atoms with van der Waals surface area (Å²) >= 11 is 5.85. The van der Waals surface area contributed by atoms with Crippen molar-refractivity contribution in [3.63, 3.8) is 0 Å². The number of aliphatic imine (C=N–C) groups is 2. The maximum absolute atomic E-state index is 12.8. The zero-order chi connectivity index (χ0) is 22.4. The first kappa shape index (κ1) is 22.7. The number of guanidine groups is 2. The molecule has 166 valence electrons. The van der Waals surface area contributed by atoms with Crippen LogP contribution in [0.3, 0.4) is 0 Å². The number of ether oxygens (including phenoxy) is 1. The van der Waals surface area contributed by atoms with Gasteiger partial charge >= 0.3 is 6.18 Å². The molecule has 0 saturated carbocycles. The first-order chi connectivity index (χ1) is 14.7. The van der Waals surface area contributed by atoms with E-state index in [0.29, 0.717) is 23.7 Å². The molecule has 2 aromatic rings. The minimum atomic E-state index is -4.40. The number of hydrogen-bond donors (Lipinski definition) is 2. The van der Waals surface area contributed by atoms with Crippen molar-refractivity contribution in [1.82, 2.24) is 4.90 Å². The van der Waals surface area contributed by atoms with Gasteiger partial charge < -0.3 is 21.1 Å². The molecule has 0 bridgehead atoms. The second kappa shape index (κ2) is 9.91. The number of nitrogens with zero attached hydrogens (tertiary/aromatic N) is 3. The van der Waals surface area contributed by atoms with E-state index in [-0.39, 0.29) is 11.9 Å². The van der Waals surface area contributed by atoms with Crippen LogP contribution in [0.4, 0.5) is 13.2 Å². The number of benzene rings is 2. The molecule has 0 spiro atoms. The first-order valence-electron chi connectivity index (χ1n) is 9.73. The van der Waals surface area contributed by atoms with Crippen LogP contribution in [-0.4, -0.2) is 30.0 Å². The Hall–Kier alpha value is -2.94. The van der Waals surface area contributed by atoms with Crippen molar-refractivity contribution in [3.05, 3.63) is 64.7 Å². The predicted molar refractivity (Wildman–Crippen MR) is 115 cm³/mol. The van der Waals surface area contributed by atoms with E-state index < -0.39 is 17.9 Å². The van der Waals surface area contributed by atoms with Gasteiger partial charge in [0.05, 0.1) is 12.2 Å². The van der Waals surface area contributed by atoms with Gasteiger partial charge in [-0.3, -0.25) is 0 Å². The van der Waals surface area contributed by atoms with Gasteiger partial charge in [0.1, 0.15) is 5.75 Å². The average molecular weight is 454 g/mol. The van der Waals surface area contributed by atoms with Gasteiger partial charge in [-0.15, -0.1) is 0 Å². The summed E-state index contributed by atoms with van der Waals surface area (Å²) in [5.41, 5.74) is 11.6. The van der Waals surface area contributed by atoms with Gasteiger partial charge in [-0.1, -0.05) is 23.7 Å². The quantitative estimate of drug-likeness (QED) is 0.574. The summed E-state index contributed by atoms with van der Waals surface area (Å²) < 4.78 is 44.2. The molecule has 0 aromatic heterocycles. The van der Waals surface area contributed by atoms with E-state index in [0.717, 1.165) is 37.1 Å². The van der Waals surface area contributed by atoms with Crippen LogP contribution in [0, 0.1) is 0 Å². The average Bonchev–Trinajstić information content (AvgIpc) is 2.72. The third kappa shape index (κ3) is 6.27. The van der Waals surface area contributed by atoms with Gasteiger partial charge in [0.2, 0.25) is 11.9 Å². The highest BCUT2D eigenvalue weighted by molar-refractivity contribution is 6.30. The van der Waals surface area contributed by atoms with Crippen LogP contribution < -0.4 is 16.2 Å². The van der Waals surface area contributed by atoms with E-state index in [9.17, 15) is 13.2 Å². The number of rotatable bonds is 8. The molecule has 1 atom stereocenters. The second-order valence-electron chi connectivity index (χ2n) is 7.01. The summed E-state index contributed by atoms with van der Waals surface area (Å²) in [5.74, 6) is 0.939. The van der Waals surface area contributed by atoms with Crippen LogP contribution in [0.25, 0.3) is 0 Å². The molecule has 4 N–H and O–H groups in total. The maximum atomic E-state index is 12.8. The van der Waals surface area contributed by atoms with Gasteiger partial charge in [0, 0.05) is 11.6 Å². The van der Waals surface area contributed by atoms with Crippen LogP contribution in [0.1, 0.15) is 36.6 Å². The lowest BCUT2D eigenvalue weighted by molar-refractivity contribution is -0.137. The lowest BCUT2D eigenvalue weighted by atomic mass is 10.1. The van der Waals surface area contributed by atoms with Gasteiger partial charge in [0.25, 0.3) is 0 Å². The van der Waals surface area contributed by atoms with E-state index in [1.54, 1.807) is 17.0 Å². The SMILES string of the molecule is NC1=NC(c2ccc(C(F)(F)F)cc2)N(CCCCCOc2ccc(Cl)cc2)C(N)=N1. The molecule has 6 nitrogen and oxygen atoms in total. The van der Waals surface area contributed by atoms with Crippen molar-refractivity contribution in [3.8, 4) is 5.75 Å². The number of hydrogen-bond acceptors (Lipinski definition) is 6. The van der Waals surface area contributed by atoms with Gasteiger partial charge in [0.15, 0.2) is 6.17 Å². The van der Waals surface area contributed by atoms with Crippen molar-refractivity contribution < 1.29 is 17.9 Å². The van der Waals surface area contributed by atoms with Crippen molar-refractivity contribution in [2.75, 3.05) is 13.2 Å². The molecule has 0 aliphatic carbocycles. The smallest absolute Gasteiger partial charge is 0.416 e. The molecule has 1 aliphatic heterocycles. The highest BCUT2D eigenvalue weighted by atomic mass is 35.5. The fourth-order valence-corrected chi connectivity index (χ4v) is 3.27. The molecule has 2 aromatic carbocycles. The molecular weight excluding hydrogens is 431 g/mol. The first-order valence-corrected chi connectivity index (χ1v) is 10.1. The summed E-state index contributed by atoms with van der Waals surface area (Å²) in [6.07, 6.45) is -2.57. The zero-order valence-electron chi connectivity index (χ0n) is 16.6. The summed E-state index contributed by atoms with van der Waals surface area (Å²) in [4.78, 5) is 10.0. The third-order valence-electron chi connectivity index (χ3n) is 4.74. The van der Waals surface area contributed by atoms with Crippen molar-refractivity contribution in [2.24, 2.45) is 21.5 Å². The zero-order valence-corrected chi connectivity index (χ0v) is 17.4. The van der Waals surface area contributed by atoms with Crippen molar-refractivity contribution in [2.45, 2.75) is 31.6 Å². The number of halogens is 4. The van der Waals surface area contributed by atoms with E-state index in [1.165, 1.54) is 12.1 Å². The van der Waals surface area contributed by atoms with E-state index in [4.69, 9.17) is 27.8 Å². The molecule has 0 fully saturated rings. The van der Waals surface area contributed by atoms with Crippen LogP contribution in [0.2, 0.25) is 5.02 Å². The van der Waals surface area contributed by atoms with Gasteiger partial charge in [-0.05, 0) is 61.2 Å². The lowest BCUT2D eigenvalue weighted by Gasteiger charge is -2.33. The third-order valence-corrected chi connectivity index (χ3v) is 4.99. The molecule has 10 heteroatoms. The van der Waals surface area contributed by atoms with Crippen LogP contribution in [0.15, 0.2) is 58.5 Å². The summed E-state index contributed by atoms with van der Waals surface area (Å²) in [6.45, 7) is 1.08. The largest absolute Gasteiger partial charge is 0.494 e. The Morgan fingerprint density at radius 1 is 0.968 bits per heavy atom. The molecule has 0 saturated heterocycles. The minimum absolute atomic E-state index is 0.00462. The molecule has 0 amide bonds. The molecule has 31 heavy (non-hydrogen) atoms. The van der Waals surface area contributed by atoms with Crippen LogP contribution in [0.5, 0.6) is 5.75 Å². The summed E-state index contributed by atoms with van der Waals surface area (Å²) in [5, 5.41) is 0.652. The fourth-order valence-electron chi connectivity index (χ4n) is 3.15. The highest BCUT2D eigenvalue weighted by Crippen LogP contribution is 2.32. The Kier molecular flexibility index (Phi) is 7.27. The molecule has 1 heterocycles. The Morgan fingerprint density at radius 2 is 1.65 bits per heavy atom. The molecule has 3 rings (SSSR count). The van der Waals surface area contributed by atoms with Crippen molar-refractivity contribution in [1.29, 1.82) is 0 Å². The standard InChI is InChI=1S/C21H23ClF3N5O/c22-16-8-10-17(11-9-16)31-13-3-1-2-12-30-18(28-19(26)29-20(30)27)14-4-6-15(7-5-14)21(23,24)25/h4-11,18H,1-3,12-13H2,(H4,26,27,28,29). The second-order valence-corrected chi connectivity index (χ2v) is 7.44. The number of unbranched alkanes of at least 4 members (excludes halogenated alkanes) is 2. The van der Waals surface area contributed by atoms with Gasteiger partial charge in [-0.2, -0.15) is 18.2 Å². The van der Waals surface area contributed by atoms with Gasteiger partial charge in [-0.25, -0.2) is 4.99 Å². The van der Waals surface area contributed by atoms with Crippen LogP contribution >= 0.6 is 11.6 Å². The summed E-state index contributed by atoms with van der Waals surface area (Å²) in [7, 11) is 0. The van der Waals surface area contributed by atoms with Crippen molar-refractivity contribution >= 4 is 23.5 Å². The van der Waals surface area contributed by atoms with E-state index >= 15 is 0 Å². The van der Waals surface area contributed by atoms with Crippen LogP contribution in [-0.2, 0) is 6.18 Å².